The van der Waals surface area contributed by atoms with Crippen LogP contribution in [0.25, 0.3) is 0 Å². The third-order valence-corrected chi connectivity index (χ3v) is 15.2. The van der Waals surface area contributed by atoms with Crippen LogP contribution in [0.15, 0.2) is 24.3 Å². The van der Waals surface area contributed by atoms with Crippen molar-refractivity contribution in [3.63, 3.8) is 0 Å². The van der Waals surface area contributed by atoms with E-state index in [9.17, 15) is 19.8 Å². The minimum atomic E-state index is -0.844. The van der Waals surface area contributed by atoms with Crippen molar-refractivity contribution in [2.24, 2.45) is 0 Å². The van der Waals surface area contributed by atoms with Crippen LogP contribution < -0.4 is 5.32 Å². The second-order valence-corrected chi connectivity index (χ2v) is 22.5. The fraction of sp³-hybridized carbons (Fsp3) is 0.909. The molecule has 72 heavy (non-hydrogen) atoms. The van der Waals surface area contributed by atoms with Crippen molar-refractivity contribution in [1.29, 1.82) is 0 Å². The minimum absolute atomic E-state index is 0.00614. The van der Waals surface area contributed by atoms with E-state index in [2.05, 4.69) is 31.3 Å². The molecule has 1 amide bonds. The van der Waals surface area contributed by atoms with Crippen molar-refractivity contribution in [3.05, 3.63) is 24.3 Å². The molecule has 0 rings (SSSR count). The highest BCUT2D eigenvalue weighted by Crippen LogP contribution is 2.18. The Labute approximate surface area is 450 Å². The molecule has 2 atom stereocenters. The summed E-state index contributed by atoms with van der Waals surface area (Å²) in [6.07, 6.45) is 76.6. The van der Waals surface area contributed by atoms with Crippen LogP contribution in [0.2, 0.25) is 0 Å². The zero-order chi connectivity index (χ0) is 52.2. The highest BCUT2D eigenvalue weighted by Gasteiger charge is 2.18. The maximum absolute atomic E-state index is 12.5. The van der Waals surface area contributed by atoms with E-state index in [0.29, 0.717) is 19.4 Å². The van der Waals surface area contributed by atoms with Crippen LogP contribution in [-0.4, -0.2) is 47.4 Å². The van der Waals surface area contributed by atoms with Gasteiger partial charge in [0.15, 0.2) is 0 Å². The van der Waals surface area contributed by atoms with Crippen molar-refractivity contribution in [3.8, 4) is 0 Å². The van der Waals surface area contributed by atoms with Gasteiger partial charge in [-0.2, -0.15) is 0 Å². The lowest BCUT2D eigenvalue weighted by molar-refractivity contribution is -0.143. The van der Waals surface area contributed by atoms with E-state index in [1.165, 1.54) is 289 Å². The molecule has 0 saturated carbocycles. The molecule has 0 aliphatic carbocycles. The number of esters is 1. The van der Waals surface area contributed by atoms with Crippen LogP contribution in [-0.2, 0) is 14.3 Å². The average Bonchev–Trinajstić information content (AvgIpc) is 3.38. The molecule has 2 unspecified atom stereocenters. The second-order valence-electron chi connectivity index (χ2n) is 22.5. The lowest BCUT2D eigenvalue weighted by Gasteiger charge is -2.20. The van der Waals surface area contributed by atoms with Gasteiger partial charge in [-0.1, -0.05) is 314 Å². The third-order valence-electron chi connectivity index (χ3n) is 15.2. The van der Waals surface area contributed by atoms with Crippen molar-refractivity contribution in [2.45, 2.75) is 373 Å². The second kappa shape index (κ2) is 61.9. The first-order valence-electron chi connectivity index (χ1n) is 32.6. The number of aliphatic hydroxyl groups is 2. The molecule has 3 N–H and O–H groups in total. The van der Waals surface area contributed by atoms with Crippen LogP contribution in [0.1, 0.15) is 361 Å². The summed E-state index contributed by atoms with van der Waals surface area (Å²) in [5.41, 5.74) is 0. The molecular formula is C66H127NO5. The number of rotatable bonds is 61. The zero-order valence-corrected chi connectivity index (χ0v) is 48.7. The van der Waals surface area contributed by atoms with Gasteiger partial charge in [-0.25, -0.2) is 0 Å². The first-order valence-corrected chi connectivity index (χ1v) is 32.6. The van der Waals surface area contributed by atoms with E-state index in [-0.39, 0.29) is 18.5 Å². The van der Waals surface area contributed by atoms with Gasteiger partial charge in [0, 0.05) is 12.8 Å². The molecule has 0 spiro atoms. The van der Waals surface area contributed by atoms with Crippen molar-refractivity contribution >= 4 is 11.9 Å². The number of hydrogen-bond donors (Lipinski definition) is 3. The average molecular weight is 1010 g/mol. The fourth-order valence-corrected chi connectivity index (χ4v) is 10.2. The van der Waals surface area contributed by atoms with Crippen LogP contribution in [0, 0.1) is 0 Å². The van der Waals surface area contributed by atoms with Gasteiger partial charge in [0.25, 0.3) is 0 Å². The normalized spacial score (nSPS) is 12.7. The number of allylic oxidation sites excluding steroid dienone is 3. The lowest BCUT2D eigenvalue weighted by atomic mass is 10.0. The number of nitrogens with one attached hydrogen (secondary N) is 1. The summed E-state index contributed by atoms with van der Waals surface area (Å²) >= 11 is 0. The predicted octanol–water partition coefficient (Wildman–Crippen LogP) is 20.6. The predicted molar refractivity (Wildman–Crippen MR) is 315 cm³/mol. The minimum Gasteiger partial charge on any atom is -0.466 e. The molecule has 0 aliphatic heterocycles. The molecule has 426 valence electrons. The molecule has 0 aromatic heterocycles. The van der Waals surface area contributed by atoms with E-state index >= 15 is 0 Å². The molecule has 0 bridgehead atoms. The number of aliphatic hydroxyl groups excluding tert-OH is 2. The van der Waals surface area contributed by atoms with Gasteiger partial charge in [0.2, 0.25) is 5.91 Å². The van der Waals surface area contributed by atoms with E-state index in [1.54, 1.807) is 6.08 Å². The molecular weight excluding hydrogens is 887 g/mol. The van der Waals surface area contributed by atoms with Crippen molar-refractivity contribution in [2.75, 3.05) is 13.2 Å². The Bertz CT molecular complexity index is 1120. The van der Waals surface area contributed by atoms with Gasteiger partial charge >= 0.3 is 5.97 Å². The maximum Gasteiger partial charge on any atom is 0.305 e. The fourth-order valence-electron chi connectivity index (χ4n) is 10.2. The summed E-state index contributed by atoms with van der Waals surface area (Å²) in [7, 11) is 0. The number of hydrogen-bond acceptors (Lipinski definition) is 5. The molecule has 0 radical (unpaired) electrons. The van der Waals surface area contributed by atoms with Gasteiger partial charge in [0.1, 0.15) is 0 Å². The first-order chi connectivity index (χ1) is 35.5. The molecule has 0 heterocycles. The molecule has 0 aromatic rings. The molecule has 0 aromatic carbocycles. The van der Waals surface area contributed by atoms with Crippen LogP contribution in [0.5, 0.6) is 0 Å². The van der Waals surface area contributed by atoms with Crippen molar-refractivity contribution in [1.82, 2.24) is 5.32 Å². The highest BCUT2D eigenvalue weighted by molar-refractivity contribution is 5.76. The van der Waals surface area contributed by atoms with Crippen LogP contribution in [0.4, 0.5) is 0 Å². The Morgan fingerprint density at radius 3 is 1.00 bits per heavy atom. The van der Waals surface area contributed by atoms with Crippen LogP contribution in [0.3, 0.4) is 0 Å². The highest BCUT2D eigenvalue weighted by atomic mass is 16.5. The van der Waals surface area contributed by atoms with Gasteiger partial charge in [0.05, 0.1) is 25.4 Å². The van der Waals surface area contributed by atoms with Gasteiger partial charge in [-0.3, -0.25) is 9.59 Å². The Morgan fingerprint density at radius 1 is 0.375 bits per heavy atom. The van der Waals surface area contributed by atoms with Gasteiger partial charge in [-0.15, -0.1) is 0 Å². The SMILES string of the molecule is CCCCCC/C=C\CCCCCCCC(=O)OCCCCCCCCCCCCCCCCCCCCCCCCCCC(=O)NC(CO)C(O)/C=C/CCCCCCCCCCCCCCCCCC. The third kappa shape index (κ3) is 57.6. The summed E-state index contributed by atoms with van der Waals surface area (Å²) in [6.45, 7) is 4.91. The van der Waals surface area contributed by atoms with E-state index < -0.39 is 12.1 Å². The molecule has 0 fully saturated rings. The Balaban J connectivity index is 3.39. The van der Waals surface area contributed by atoms with Crippen molar-refractivity contribution < 1.29 is 24.5 Å². The quantitative estimate of drug-likeness (QED) is 0.0320. The molecule has 6 heteroatoms. The summed E-state index contributed by atoms with van der Waals surface area (Å²) in [4.78, 5) is 24.5. The van der Waals surface area contributed by atoms with Gasteiger partial charge in [-0.05, 0) is 57.8 Å². The first kappa shape index (κ1) is 70.3. The topological polar surface area (TPSA) is 95.9 Å². The maximum atomic E-state index is 12.5. The number of carbonyl (C=O) groups excluding carboxylic acids is 2. The van der Waals surface area contributed by atoms with E-state index in [0.717, 1.165) is 44.9 Å². The summed E-state index contributed by atoms with van der Waals surface area (Å²) in [6, 6.07) is -0.627. The number of unbranched alkanes of at least 4 members (excludes halogenated alkanes) is 48. The monoisotopic (exact) mass is 1010 g/mol. The number of amides is 1. The Hall–Kier alpha value is -1.66. The van der Waals surface area contributed by atoms with Gasteiger partial charge < -0.3 is 20.3 Å². The van der Waals surface area contributed by atoms with E-state index in [4.69, 9.17) is 4.74 Å². The lowest BCUT2D eigenvalue weighted by Crippen LogP contribution is -2.45. The number of carbonyl (C=O) groups is 2. The molecule has 0 aliphatic rings. The smallest absolute Gasteiger partial charge is 0.305 e. The standard InChI is InChI=1S/C66H127NO5/c1-3-5-7-9-11-13-15-17-18-19-28-31-35-38-42-46-50-54-58-64(69)63(62-68)67-65(70)59-55-51-47-43-39-36-32-29-26-24-22-20-21-23-25-27-30-33-37-41-45-49-53-57-61-72-66(71)60-56-52-48-44-40-34-16-14-12-10-8-6-4-2/h14,16,54,58,63-64,68-69H,3-13,15,17-53,55-57,59-62H2,1-2H3,(H,67,70)/b16-14-,58-54+. The van der Waals surface area contributed by atoms with Crippen LogP contribution >= 0.6 is 0 Å². The molecule has 6 nitrogen and oxygen atoms in total. The summed E-state index contributed by atoms with van der Waals surface area (Å²) in [5.74, 6) is -0.0578. The zero-order valence-electron chi connectivity index (χ0n) is 48.7. The summed E-state index contributed by atoms with van der Waals surface area (Å²) < 4.78 is 5.48. The van der Waals surface area contributed by atoms with E-state index in [1.807, 2.05) is 6.08 Å². The Kier molecular flexibility index (Phi) is 60.5. The number of ether oxygens (including phenoxy) is 1. The Morgan fingerprint density at radius 2 is 0.653 bits per heavy atom. The molecule has 0 saturated heterocycles. The largest absolute Gasteiger partial charge is 0.466 e. The summed E-state index contributed by atoms with van der Waals surface area (Å²) in [5, 5.41) is 23.2.